The van der Waals surface area contributed by atoms with Crippen LogP contribution in [0, 0.1) is 0 Å². The van der Waals surface area contributed by atoms with Gasteiger partial charge in [-0.1, -0.05) is 18.2 Å². The smallest absolute Gasteiger partial charge is 0.263 e. The fourth-order valence-electron chi connectivity index (χ4n) is 1.65. The first kappa shape index (κ1) is 13.5. The quantitative estimate of drug-likeness (QED) is 0.871. The lowest BCUT2D eigenvalue weighted by molar-refractivity contribution is 0.601. The number of anilines is 1. The molecular weight excluding hydrogens is 262 g/mol. The van der Waals surface area contributed by atoms with Gasteiger partial charge in [0.15, 0.2) is 0 Å². The van der Waals surface area contributed by atoms with Crippen LogP contribution < -0.4 is 10.0 Å². The molecule has 0 amide bonds. The molecule has 6 heteroatoms. The van der Waals surface area contributed by atoms with Gasteiger partial charge in [0.25, 0.3) is 10.0 Å². The number of aromatic nitrogens is 1. The Balaban J connectivity index is 2.27. The Morgan fingerprint density at radius 2 is 2.00 bits per heavy atom. The Kier molecular flexibility index (Phi) is 4.13. The molecule has 0 saturated heterocycles. The maximum atomic E-state index is 12.2. The second-order valence-electron chi connectivity index (χ2n) is 4.00. The van der Waals surface area contributed by atoms with Crippen molar-refractivity contribution in [3.8, 4) is 0 Å². The van der Waals surface area contributed by atoms with Crippen LogP contribution in [0.4, 0.5) is 5.82 Å². The summed E-state index contributed by atoms with van der Waals surface area (Å²) in [6, 6.07) is 11.9. The second kappa shape index (κ2) is 5.81. The summed E-state index contributed by atoms with van der Waals surface area (Å²) in [7, 11) is -1.78. The summed E-state index contributed by atoms with van der Waals surface area (Å²) >= 11 is 0. The van der Waals surface area contributed by atoms with Gasteiger partial charge in [-0.15, -0.1) is 0 Å². The van der Waals surface area contributed by atoms with E-state index >= 15 is 0 Å². The van der Waals surface area contributed by atoms with Crippen molar-refractivity contribution in [1.29, 1.82) is 0 Å². The molecule has 0 spiro atoms. The van der Waals surface area contributed by atoms with Crippen LogP contribution in [-0.4, -0.2) is 20.4 Å². The van der Waals surface area contributed by atoms with Crippen molar-refractivity contribution in [2.45, 2.75) is 11.4 Å². The van der Waals surface area contributed by atoms with Gasteiger partial charge >= 0.3 is 0 Å². The molecular formula is C13H15N3O2S. The van der Waals surface area contributed by atoms with Gasteiger partial charge in [0.1, 0.15) is 5.82 Å². The number of pyridine rings is 1. The molecule has 1 aromatic carbocycles. The first-order valence-electron chi connectivity index (χ1n) is 5.79. The van der Waals surface area contributed by atoms with Crippen molar-refractivity contribution >= 4 is 15.8 Å². The molecule has 0 aliphatic heterocycles. The summed E-state index contributed by atoms with van der Waals surface area (Å²) in [5.41, 5.74) is 0.909. The number of hydrogen-bond donors (Lipinski definition) is 2. The molecule has 0 atom stereocenters. The van der Waals surface area contributed by atoms with Crippen LogP contribution in [0.5, 0.6) is 0 Å². The van der Waals surface area contributed by atoms with Crippen molar-refractivity contribution < 1.29 is 8.42 Å². The van der Waals surface area contributed by atoms with Gasteiger partial charge < -0.3 is 5.32 Å². The van der Waals surface area contributed by atoms with Gasteiger partial charge in [0.05, 0.1) is 4.90 Å². The number of nitrogens with one attached hydrogen (secondary N) is 2. The maximum absolute atomic E-state index is 12.2. The van der Waals surface area contributed by atoms with Crippen molar-refractivity contribution in [2.24, 2.45) is 0 Å². The highest BCUT2D eigenvalue weighted by Crippen LogP contribution is 2.15. The third-order valence-corrected chi connectivity index (χ3v) is 3.85. The number of benzene rings is 1. The van der Waals surface area contributed by atoms with Crippen LogP contribution >= 0.6 is 0 Å². The van der Waals surface area contributed by atoms with Gasteiger partial charge in [-0.3, -0.25) is 4.72 Å². The first-order chi connectivity index (χ1) is 9.12. The zero-order chi connectivity index (χ0) is 13.7. The zero-order valence-corrected chi connectivity index (χ0v) is 11.3. The molecule has 0 bridgehead atoms. The lowest BCUT2D eigenvalue weighted by atomic mass is 10.2. The van der Waals surface area contributed by atoms with Gasteiger partial charge in [0, 0.05) is 12.7 Å². The van der Waals surface area contributed by atoms with Gasteiger partial charge in [-0.25, -0.2) is 13.4 Å². The molecule has 2 rings (SSSR count). The Labute approximate surface area is 112 Å². The molecule has 0 aliphatic carbocycles. The van der Waals surface area contributed by atoms with Crippen LogP contribution in [0.1, 0.15) is 5.56 Å². The predicted molar refractivity (Wildman–Crippen MR) is 74.3 cm³/mol. The van der Waals surface area contributed by atoms with Crippen molar-refractivity contribution in [3.05, 3.63) is 54.2 Å². The molecule has 0 fully saturated rings. The Hall–Kier alpha value is -1.92. The van der Waals surface area contributed by atoms with E-state index in [1.165, 1.54) is 6.20 Å². The van der Waals surface area contributed by atoms with E-state index < -0.39 is 10.0 Å². The van der Waals surface area contributed by atoms with Crippen LogP contribution in [0.3, 0.4) is 0 Å². The third-order valence-electron chi connectivity index (χ3n) is 2.49. The average molecular weight is 277 g/mol. The summed E-state index contributed by atoms with van der Waals surface area (Å²) in [5, 5.41) is 2.98. The number of nitrogens with zero attached hydrogens (tertiary/aromatic N) is 1. The summed E-state index contributed by atoms with van der Waals surface area (Å²) in [4.78, 5) is 4.17. The molecule has 0 radical (unpaired) electrons. The lowest BCUT2D eigenvalue weighted by Gasteiger charge is -2.08. The molecule has 2 N–H and O–H groups in total. The molecule has 1 heterocycles. The second-order valence-corrected chi connectivity index (χ2v) is 5.68. The normalized spacial score (nSPS) is 11.2. The summed E-state index contributed by atoms with van der Waals surface area (Å²) in [6.07, 6.45) is 1.54. The molecule has 0 aliphatic rings. The van der Waals surface area contributed by atoms with E-state index in [4.69, 9.17) is 0 Å². The van der Waals surface area contributed by atoms with Crippen molar-refractivity contribution in [1.82, 2.24) is 10.3 Å². The molecule has 5 nitrogen and oxygen atoms in total. The molecule has 1 aromatic heterocycles. The Bertz CT molecular complexity index is 642. The number of sulfonamides is 1. The third kappa shape index (κ3) is 3.52. The van der Waals surface area contributed by atoms with E-state index in [1.54, 1.807) is 36.4 Å². The molecule has 2 aromatic rings. The average Bonchev–Trinajstić information content (AvgIpc) is 2.40. The predicted octanol–water partition coefficient (Wildman–Crippen LogP) is 1.60. The molecule has 19 heavy (non-hydrogen) atoms. The Morgan fingerprint density at radius 1 is 1.16 bits per heavy atom. The minimum atomic E-state index is -3.59. The maximum Gasteiger partial charge on any atom is 0.263 e. The van der Waals surface area contributed by atoms with Crippen LogP contribution in [0.15, 0.2) is 53.6 Å². The largest absolute Gasteiger partial charge is 0.316 e. The summed E-state index contributed by atoms with van der Waals surface area (Å²) in [5.74, 6) is 0.307. The molecule has 0 unspecified atom stereocenters. The van der Waals surface area contributed by atoms with E-state index in [9.17, 15) is 8.42 Å². The van der Waals surface area contributed by atoms with Gasteiger partial charge in [-0.05, 0) is 36.9 Å². The van der Waals surface area contributed by atoms with E-state index in [-0.39, 0.29) is 4.90 Å². The monoisotopic (exact) mass is 277 g/mol. The van der Waals surface area contributed by atoms with Crippen LogP contribution in [0.25, 0.3) is 0 Å². The van der Waals surface area contributed by atoms with Crippen LogP contribution in [-0.2, 0) is 16.6 Å². The summed E-state index contributed by atoms with van der Waals surface area (Å²) in [6.45, 7) is 0.618. The van der Waals surface area contributed by atoms with E-state index in [0.29, 0.717) is 12.4 Å². The Morgan fingerprint density at radius 3 is 2.68 bits per heavy atom. The highest BCUT2D eigenvalue weighted by Gasteiger charge is 2.14. The topological polar surface area (TPSA) is 71.1 Å². The van der Waals surface area contributed by atoms with Gasteiger partial charge in [0.2, 0.25) is 0 Å². The highest BCUT2D eigenvalue weighted by atomic mass is 32.2. The van der Waals surface area contributed by atoms with E-state index in [2.05, 4.69) is 15.0 Å². The zero-order valence-electron chi connectivity index (χ0n) is 10.5. The lowest BCUT2D eigenvalue weighted by Crippen LogP contribution is -2.14. The van der Waals surface area contributed by atoms with Crippen molar-refractivity contribution in [3.63, 3.8) is 0 Å². The fraction of sp³-hybridized carbons (Fsp3) is 0.154. The minimum absolute atomic E-state index is 0.228. The van der Waals surface area contributed by atoms with Crippen molar-refractivity contribution in [2.75, 3.05) is 11.8 Å². The minimum Gasteiger partial charge on any atom is -0.316 e. The van der Waals surface area contributed by atoms with Crippen LogP contribution in [0.2, 0.25) is 0 Å². The van der Waals surface area contributed by atoms with Gasteiger partial charge in [-0.2, -0.15) is 0 Å². The molecule has 0 saturated carbocycles. The fourth-order valence-corrected chi connectivity index (χ4v) is 2.72. The number of hydrogen-bond acceptors (Lipinski definition) is 4. The van der Waals surface area contributed by atoms with E-state index in [0.717, 1.165) is 5.56 Å². The highest BCUT2D eigenvalue weighted by molar-refractivity contribution is 7.92. The molecule has 100 valence electrons. The standard InChI is InChI=1S/C13H15N3O2S/c1-14-10-11-5-4-6-12(9-11)19(17,18)16-13-7-2-3-8-15-13/h2-9,14H,10H2,1H3,(H,15,16). The van der Waals surface area contributed by atoms with E-state index in [1.807, 2.05) is 13.1 Å². The first-order valence-corrected chi connectivity index (χ1v) is 7.27. The SMILES string of the molecule is CNCc1cccc(S(=O)(=O)Nc2ccccn2)c1. The number of rotatable bonds is 5. The summed E-state index contributed by atoms with van der Waals surface area (Å²) < 4.78 is 26.8.